The average Bonchev–Trinajstić information content (AvgIpc) is 3.16. The van der Waals surface area contributed by atoms with E-state index in [-0.39, 0.29) is 24.0 Å². The first kappa shape index (κ1) is 23.4. The van der Waals surface area contributed by atoms with Crippen LogP contribution in [0.4, 0.5) is 5.69 Å². The number of piperazine rings is 1. The molecule has 0 spiro atoms. The van der Waals surface area contributed by atoms with Gasteiger partial charge in [-0.2, -0.15) is 0 Å². The summed E-state index contributed by atoms with van der Waals surface area (Å²) < 4.78 is 30.6. The molecule has 1 aromatic carbocycles. The zero-order valence-electron chi connectivity index (χ0n) is 16.5. The van der Waals surface area contributed by atoms with Crippen LogP contribution in [-0.4, -0.2) is 68.8 Å². The van der Waals surface area contributed by atoms with Crippen LogP contribution in [0.1, 0.15) is 11.3 Å². The van der Waals surface area contributed by atoms with Crippen molar-refractivity contribution in [2.24, 2.45) is 4.99 Å². The van der Waals surface area contributed by atoms with Crippen molar-refractivity contribution in [3.8, 4) is 0 Å². The highest BCUT2D eigenvalue weighted by atomic mass is 127. The molecule has 0 radical (unpaired) electrons. The molecule has 9 nitrogen and oxygen atoms in total. The Morgan fingerprint density at radius 3 is 2.55 bits per heavy atom. The smallest absolute Gasteiger partial charge is 0.229 e. The lowest BCUT2D eigenvalue weighted by molar-refractivity contribution is 0.169. The summed E-state index contributed by atoms with van der Waals surface area (Å²) in [5.41, 5.74) is 2.37. The summed E-state index contributed by atoms with van der Waals surface area (Å²) >= 11 is 0. The van der Waals surface area contributed by atoms with Gasteiger partial charge in [0, 0.05) is 52.4 Å². The Kier molecular flexibility index (Phi) is 8.71. The van der Waals surface area contributed by atoms with Crippen molar-refractivity contribution in [2.75, 3.05) is 44.2 Å². The molecular weight excluding hydrogens is 507 g/mol. The molecule has 1 aromatic heterocycles. The van der Waals surface area contributed by atoms with Crippen LogP contribution in [0.15, 0.2) is 46.1 Å². The predicted molar refractivity (Wildman–Crippen MR) is 124 cm³/mol. The lowest BCUT2D eigenvalue weighted by Crippen LogP contribution is -2.52. The second kappa shape index (κ2) is 10.8. The van der Waals surface area contributed by atoms with Crippen LogP contribution >= 0.6 is 24.0 Å². The maximum Gasteiger partial charge on any atom is 0.229 e. The number of rotatable bonds is 6. The first-order valence-corrected chi connectivity index (χ1v) is 11.0. The van der Waals surface area contributed by atoms with Crippen LogP contribution < -0.4 is 10.0 Å². The fourth-order valence-electron chi connectivity index (χ4n) is 3.15. The molecule has 2 N–H and O–H groups in total. The number of hydrogen-bond acceptors (Lipinski definition) is 6. The number of aromatic nitrogens is 1. The van der Waals surface area contributed by atoms with Crippen molar-refractivity contribution in [2.45, 2.75) is 13.1 Å². The maximum atomic E-state index is 11.6. The van der Waals surface area contributed by atoms with Gasteiger partial charge in [0.05, 0.1) is 17.6 Å². The van der Waals surface area contributed by atoms with E-state index in [1.165, 1.54) is 0 Å². The van der Waals surface area contributed by atoms with Crippen LogP contribution in [0.5, 0.6) is 0 Å². The fourth-order valence-corrected chi connectivity index (χ4v) is 3.74. The van der Waals surface area contributed by atoms with Gasteiger partial charge in [0.25, 0.3) is 0 Å². The third kappa shape index (κ3) is 7.16. The first-order chi connectivity index (χ1) is 13.4. The minimum atomic E-state index is -3.33. The van der Waals surface area contributed by atoms with E-state index >= 15 is 0 Å². The topological polar surface area (TPSA) is 103 Å². The Labute approximate surface area is 188 Å². The van der Waals surface area contributed by atoms with Crippen LogP contribution in [0.2, 0.25) is 0 Å². The van der Waals surface area contributed by atoms with Gasteiger partial charge < -0.3 is 14.7 Å². The molecule has 2 heterocycles. The van der Waals surface area contributed by atoms with E-state index in [0.717, 1.165) is 56.2 Å². The summed E-state index contributed by atoms with van der Waals surface area (Å²) in [6.07, 6.45) is 2.74. The molecule has 160 valence electrons. The number of hydrogen-bond donors (Lipinski definition) is 2. The molecule has 11 heteroatoms. The van der Waals surface area contributed by atoms with Crippen LogP contribution in [-0.2, 0) is 23.1 Å². The zero-order chi connectivity index (χ0) is 20.0. The summed E-state index contributed by atoms with van der Waals surface area (Å²) in [5.74, 6) is 0.801. The number of halogens is 1. The van der Waals surface area contributed by atoms with Crippen LogP contribution in [0.25, 0.3) is 0 Å². The van der Waals surface area contributed by atoms with Gasteiger partial charge in [-0.3, -0.25) is 14.6 Å². The Hall–Kier alpha value is -1.86. The third-order valence-corrected chi connectivity index (χ3v) is 5.10. The summed E-state index contributed by atoms with van der Waals surface area (Å²) in [6.45, 7) is 4.76. The molecule has 0 unspecified atom stereocenters. The van der Waals surface area contributed by atoms with E-state index in [1.54, 1.807) is 25.4 Å². The maximum absolute atomic E-state index is 11.6. The molecule has 0 atom stereocenters. The first-order valence-electron chi connectivity index (χ1n) is 9.07. The number of para-hydroxylation sites is 1. The lowest BCUT2D eigenvalue weighted by atomic mass is 10.2. The number of aliphatic imine (C=N–C) groups is 1. The number of anilines is 1. The van der Waals surface area contributed by atoms with Crippen molar-refractivity contribution in [3.05, 3.63) is 47.9 Å². The molecule has 1 aliphatic heterocycles. The highest BCUT2D eigenvalue weighted by molar-refractivity contribution is 14.0. The summed E-state index contributed by atoms with van der Waals surface area (Å²) in [4.78, 5) is 8.91. The monoisotopic (exact) mass is 534 g/mol. The second-order valence-electron chi connectivity index (χ2n) is 6.69. The molecule has 1 aliphatic rings. The quantitative estimate of drug-likeness (QED) is 0.330. The largest absolute Gasteiger partial charge is 0.364 e. The van der Waals surface area contributed by atoms with Crippen molar-refractivity contribution in [1.29, 1.82) is 0 Å². The number of nitrogens with zero attached hydrogens (tertiary/aromatic N) is 4. The van der Waals surface area contributed by atoms with Gasteiger partial charge in [0.15, 0.2) is 5.96 Å². The van der Waals surface area contributed by atoms with Crippen molar-refractivity contribution in [1.82, 2.24) is 20.3 Å². The number of guanidine groups is 1. The SMILES string of the molecule is CN=C(NCc1ccccc1NS(C)(=O)=O)N1CCN(Cc2ccon2)CC1.I. The molecule has 0 aliphatic carbocycles. The average molecular weight is 534 g/mol. The summed E-state index contributed by atoms with van der Waals surface area (Å²) in [5, 5.41) is 7.30. The Morgan fingerprint density at radius 2 is 1.93 bits per heavy atom. The van der Waals surface area contributed by atoms with E-state index in [0.29, 0.717) is 12.2 Å². The van der Waals surface area contributed by atoms with E-state index in [4.69, 9.17) is 4.52 Å². The molecule has 2 aromatic rings. The van der Waals surface area contributed by atoms with Gasteiger partial charge in [0.1, 0.15) is 6.26 Å². The number of benzene rings is 1. The minimum absolute atomic E-state index is 0. The Bertz CT molecular complexity index is 896. The number of nitrogens with one attached hydrogen (secondary N) is 2. The van der Waals surface area contributed by atoms with Gasteiger partial charge in [-0.25, -0.2) is 8.42 Å². The van der Waals surface area contributed by atoms with Gasteiger partial charge in [0.2, 0.25) is 10.0 Å². The highest BCUT2D eigenvalue weighted by Crippen LogP contribution is 2.16. The predicted octanol–water partition coefficient (Wildman–Crippen LogP) is 1.56. The summed E-state index contributed by atoms with van der Waals surface area (Å²) in [7, 11) is -1.57. The van der Waals surface area contributed by atoms with Crippen LogP contribution in [0.3, 0.4) is 0 Å². The van der Waals surface area contributed by atoms with Crippen molar-refractivity contribution < 1.29 is 12.9 Å². The van der Waals surface area contributed by atoms with E-state index in [9.17, 15) is 8.42 Å². The molecule has 1 fully saturated rings. The van der Waals surface area contributed by atoms with E-state index in [1.807, 2.05) is 18.2 Å². The molecule has 29 heavy (non-hydrogen) atoms. The van der Waals surface area contributed by atoms with Gasteiger partial charge in [-0.1, -0.05) is 23.4 Å². The minimum Gasteiger partial charge on any atom is -0.364 e. The molecule has 3 rings (SSSR count). The van der Waals surface area contributed by atoms with E-state index < -0.39 is 10.0 Å². The summed E-state index contributed by atoms with van der Waals surface area (Å²) in [6, 6.07) is 9.22. The lowest BCUT2D eigenvalue weighted by Gasteiger charge is -2.36. The molecule has 1 saturated heterocycles. The molecular formula is C18H27IN6O3S. The fraction of sp³-hybridized carbons (Fsp3) is 0.444. The van der Waals surface area contributed by atoms with Gasteiger partial charge in [-0.15, -0.1) is 24.0 Å². The van der Waals surface area contributed by atoms with Gasteiger partial charge in [-0.05, 0) is 11.6 Å². The zero-order valence-corrected chi connectivity index (χ0v) is 19.7. The second-order valence-corrected chi connectivity index (χ2v) is 8.43. The van der Waals surface area contributed by atoms with Crippen molar-refractivity contribution in [3.63, 3.8) is 0 Å². The van der Waals surface area contributed by atoms with Crippen LogP contribution in [0, 0.1) is 0 Å². The Balaban J connectivity index is 0.00000300. The molecule has 0 bridgehead atoms. The third-order valence-electron chi connectivity index (χ3n) is 4.51. The highest BCUT2D eigenvalue weighted by Gasteiger charge is 2.20. The van der Waals surface area contributed by atoms with Crippen molar-refractivity contribution >= 4 is 45.6 Å². The molecule has 0 amide bonds. The van der Waals surface area contributed by atoms with E-state index in [2.05, 4.69) is 30.0 Å². The number of sulfonamides is 1. The molecule has 0 saturated carbocycles. The normalized spacial score (nSPS) is 15.7. The standard InChI is InChI=1S/C18H26N6O3S.HI/c1-19-18(20-13-15-5-3-4-6-17(15)22-28(2,25)26)24-10-8-23(9-11-24)14-16-7-12-27-21-16;/h3-7,12,22H,8-11,13-14H2,1-2H3,(H,19,20);1H. The van der Waals surface area contributed by atoms with Gasteiger partial charge >= 0.3 is 0 Å². The Morgan fingerprint density at radius 1 is 1.21 bits per heavy atom.